The summed E-state index contributed by atoms with van der Waals surface area (Å²) in [4.78, 5) is 18.8. The van der Waals surface area contributed by atoms with Gasteiger partial charge in [0.15, 0.2) is 0 Å². The molecular weight excluding hydrogens is 318 g/mol. The standard InChI is InChI=1S/C19H19N3O3/c1-2-25-19(23)16(13-20)12-15-11-14-5-3-4-6-17(14)21-18(15)22-7-9-24-10-8-22/h3-6,11-12H,2,7-10H2,1H3. The Labute approximate surface area is 146 Å². The number of esters is 1. The molecule has 0 atom stereocenters. The van der Waals surface area contributed by atoms with E-state index in [9.17, 15) is 10.1 Å². The number of benzene rings is 1. The van der Waals surface area contributed by atoms with Crippen molar-refractivity contribution in [2.45, 2.75) is 6.92 Å². The van der Waals surface area contributed by atoms with Crippen LogP contribution < -0.4 is 4.90 Å². The molecule has 2 heterocycles. The Morgan fingerprint density at radius 3 is 2.88 bits per heavy atom. The number of hydrogen-bond acceptors (Lipinski definition) is 6. The summed E-state index contributed by atoms with van der Waals surface area (Å²) in [5.41, 5.74) is 1.56. The number of morpholine rings is 1. The first-order valence-corrected chi connectivity index (χ1v) is 8.24. The Morgan fingerprint density at radius 2 is 2.16 bits per heavy atom. The summed E-state index contributed by atoms with van der Waals surface area (Å²) in [6.45, 7) is 4.62. The number of fused-ring (bicyclic) bond motifs is 1. The monoisotopic (exact) mass is 337 g/mol. The minimum Gasteiger partial charge on any atom is -0.462 e. The van der Waals surface area contributed by atoms with Crippen LogP contribution in [0.25, 0.3) is 17.0 Å². The average Bonchev–Trinajstić information content (AvgIpc) is 2.66. The Balaban J connectivity index is 2.10. The summed E-state index contributed by atoms with van der Waals surface area (Å²) in [6, 6.07) is 11.7. The summed E-state index contributed by atoms with van der Waals surface area (Å²) in [6.07, 6.45) is 1.56. The molecule has 1 saturated heterocycles. The predicted molar refractivity (Wildman–Crippen MR) is 95.0 cm³/mol. The zero-order chi connectivity index (χ0) is 17.6. The van der Waals surface area contributed by atoms with Gasteiger partial charge in [0.25, 0.3) is 0 Å². The smallest absolute Gasteiger partial charge is 0.348 e. The molecule has 0 spiro atoms. The molecule has 25 heavy (non-hydrogen) atoms. The number of hydrogen-bond donors (Lipinski definition) is 0. The fourth-order valence-electron chi connectivity index (χ4n) is 2.76. The fraction of sp³-hybridized carbons (Fsp3) is 0.316. The average molecular weight is 337 g/mol. The summed E-state index contributed by atoms with van der Waals surface area (Å²) >= 11 is 0. The van der Waals surface area contributed by atoms with Crippen LogP contribution in [0, 0.1) is 11.3 Å². The molecule has 1 aliphatic heterocycles. The van der Waals surface area contributed by atoms with Crippen molar-refractivity contribution in [3.05, 3.63) is 41.5 Å². The van der Waals surface area contributed by atoms with Crippen molar-refractivity contribution in [3.63, 3.8) is 0 Å². The summed E-state index contributed by atoms with van der Waals surface area (Å²) < 4.78 is 10.4. The van der Waals surface area contributed by atoms with Crippen molar-refractivity contribution in [1.82, 2.24) is 4.98 Å². The van der Waals surface area contributed by atoms with E-state index >= 15 is 0 Å². The van der Waals surface area contributed by atoms with Crippen LogP contribution in [0.2, 0.25) is 0 Å². The van der Waals surface area contributed by atoms with Crippen molar-refractivity contribution in [3.8, 4) is 6.07 Å². The summed E-state index contributed by atoms with van der Waals surface area (Å²) in [5, 5.41) is 10.3. The molecule has 0 N–H and O–H groups in total. The number of anilines is 1. The van der Waals surface area contributed by atoms with Crippen molar-refractivity contribution >= 4 is 28.8 Å². The lowest BCUT2D eigenvalue weighted by Gasteiger charge is -2.29. The van der Waals surface area contributed by atoms with Gasteiger partial charge in [-0.3, -0.25) is 0 Å². The van der Waals surface area contributed by atoms with Gasteiger partial charge in [-0.1, -0.05) is 18.2 Å². The van der Waals surface area contributed by atoms with E-state index in [1.54, 1.807) is 13.0 Å². The maximum absolute atomic E-state index is 12.0. The van der Waals surface area contributed by atoms with Crippen molar-refractivity contribution in [2.24, 2.45) is 0 Å². The fourth-order valence-corrected chi connectivity index (χ4v) is 2.76. The molecule has 6 heteroatoms. The molecule has 0 radical (unpaired) electrons. The molecule has 1 aliphatic rings. The molecule has 2 aromatic rings. The third-order valence-corrected chi connectivity index (χ3v) is 3.96. The second-order valence-electron chi connectivity index (χ2n) is 5.58. The lowest BCUT2D eigenvalue weighted by atomic mass is 10.1. The Morgan fingerprint density at radius 1 is 1.40 bits per heavy atom. The van der Waals surface area contributed by atoms with Crippen molar-refractivity contribution in [1.29, 1.82) is 5.26 Å². The highest BCUT2D eigenvalue weighted by Gasteiger charge is 2.18. The first-order valence-electron chi connectivity index (χ1n) is 8.24. The number of nitriles is 1. The van der Waals surface area contributed by atoms with Crippen LogP contribution in [0.4, 0.5) is 5.82 Å². The predicted octanol–water partition coefficient (Wildman–Crippen LogP) is 2.54. The number of para-hydroxylation sites is 1. The highest BCUT2D eigenvalue weighted by molar-refractivity contribution is 5.99. The molecule has 6 nitrogen and oxygen atoms in total. The first-order chi connectivity index (χ1) is 12.2. The van der Waals surface area contributed by atoms with Gasteiger partial charge in [0.05, 0.1) is 25.3 Å². The molecule has 0 bridgehead atoms. The van der Waals surface area contributed by atoms with Gasteiger partial charge < -0.3 is 14.4 Å². The topological polar surface area (TPSA) is 75.5 Å². The number of ether oxygens (including phenoxy) is 2. The van der Waals surface area contributed by atoms with Gasteiger partial charge >= 0.3 is 5.97 Å². The number of carbonyl (C=O) groups is 1. The van der Waals surface area contributed by atoms with Gasteiger partial charge in [0.2, 0.25) is 0 Å². The van der Waals surface area contributed by atoms with E-state index in [4.69, 9.17) is 14.5 Å². The molecule has 0 aliphatic carbocycles. The van der Waals surface area contributed by atoms with Gasteiger partial charge in [0.1, 0.15) is 17.5 Å². The van der Waals surface area contributed by atoms with E-state index in [1.165, 1.54) is 0 Å². The van der Waals surface area contributed by atoms with Gasteiger partial charge in [0, 0.05) is 24.0 Å². The molecule has 0 saturated carbocycles. The second-order valence-corrected chi connectivity index (χ2v) is 5.58. The van der Waals surface area contributed by atoms with E-state index < -0.39 is 5.97 Å². The van der Waals surface area contributed by atoms with Gasteiger partial charge in [-0.25, -0.2) is 9.78 Å². The van der Waals surface area contributed by atoms with Crippen LogP contribution in [0.3, 0.4) is 0 Å². The zero-order valence-corrected chi connectivity index (χ0v) is 14.1. The van der Waals surface area contributed by atoms with Crippen LogP contribution >= 0.6 is 0 Å². The van der Waals surface area contributed by atoms with Crippen LogP contribution in [0.15, 0.2) is 35.9 Å². The Hall–Kier alpha value is -2.91. The Bertz CT molecular complexity index is 849. The van der Waals surface area contributed by atoms with E-state index in [0.717, 1.165) is 22.3 Å². The molecule has 0 unspecified atom stereocenters. The van der Waals surface area contributed by atoms with Crippen LogP contribution in [0.5, 0.6) is 0 Å². The third kappa shape index (κ3) is 3.78. The molecule has 3 rings (SSSR count). The van der Waals surface area contributed by atoms with Gasteiger partial charge in [-0.15, -0.1) is 0 Å². The number of aromatic nitrogens is 1. The second kappa shape index (κ2) is 7.77. The summed E-state index contributed by atoms with van der Waals surface area (Å²) in [7, 11) is 0. The normalized spacial score (nSPS) is 15.0. The third-order valence-electron chi connectivity index (χ3n) is 3.96. The first kappa shape index (κ1) is 16.9. The van der Waals surface area contributed by atoms with E-state index in [1.807, 2.05) is 36.4 Å². The van der Waals surface area contributed by atoms with E-state index in [2.05, 4.69) is 4.90 Å². The molecule has 1 fully saturated rings. The lowest BCUT2D eigenvalue weighted by Crippen LogP contribution is -2.37. The van der Waals surface area contributed by atoms with Crippen LogP contribution in [0.1, 0.15) is 12.5 Å². The quantitative estimate of drug-likeness (QED) is 0.485. The van der Waals surface area contributed by atoms with Gasteiger partial charge in [-0.05, 0) is 25.1 Å². The minimum absolute atomic E-state index is 0.0339. The van der Waals surface area contributed by atoms with Gasteiger partial charge in [-0.2, -0.15) is 5.26 Å². The van der Waals surface area contributed by atoms with Crippen LogP contribution in [-0.4, -0.2) is 43.9 Å². The highest BCUT2D eigenvalue weighted by Crippen LogP contribution is 2.26. The summed E-state index contributed by atoms with van der Waals surface area (Å²) in [5.74, 6) is 0.130. The number of pyridine rings is 1. The number of carbonyl (C=O) groups excluding carboxylic acids is 1. The maximum atomic E-state index is 12.0. The minimum atomic E-state index is -0.619. The van der Waals surface area contributed by atoms with E-state index in [-0.39, 0.29) is 12.2 Å². The Kier molecular flexibility index (Phi) is 5.26. The molecule has 1 aromatic heterocycles. The van der Waals surface area contributed by atoms with Crippen molar-refractivity contribution in [2.75, 3.05) is 37.8 Å². The largest absolute Gasteiger partial charge is 0.462 e. The van der Waals surface area contributed by atoms with Crippen molar-refractivity contribution < 1.29 is 14.3 Å². The molecular formula is C19H19N3O3. The number of rotatable bonds is 4. The zero-order valence-electron chi connectivity index (χ0n) is 14.1. The van der Waals surface area contributed by atoms with Crippen LogP contribution in [-0.2, 0) is 14.3 Å². The molecule has 0 amide bonds. The van der Waals surface area contributed by atoms with E-state index in [0.29, 0.717) is 26.3 Å². The maximum Gasteiger partial charge on any atom is 0.348 e. The number of nitrogens with zero attached hydrogens (tertiary/aromatic N) is 3. The molecule has 128 valence electrons. The highest BCUT2D eigenvalue weighted by atomic mass is 16.5. The molecule has 1 aromatic carbocycles. The SMILES string of the molecule is CCOC(=O)C(C#N)=Cc1cc2ccccc2nc1N1CCOCC1. The lowest BCUT2D eigenvalue weighted by molar-refractivity contribution is -0.137.